The number of methoxy groups -OCH3 is 1. The first-order chi connectivity index (χ1) is 14.8. The SMILES string of the molecule is COc1ccnc(N2CCC(N(CC3CC3)C(=O)c3ccc(S(C)(=O)=O)cc3)CC2)n1. The van der Waals surface area contributed by atoms with Crippen LogP contribution in [0.2, 0.25) is 0 Å². The Morgan fingerprint density at radius 1 is 1.13 bits per heavy atom. The van der Waals surface area contributed by atoms with Crippen LogP contribution in [0.1, 0.15) is 36.0 Å². The maximum absolute atomic E-state index is 13.3. The molecule has 8 nitrogen and oxygen atoms in total. The Bertz CT molecular complexity index is 1030. The van der Waals surface area contributed by atoms with Gasteiger partial charge in [0.15, 0.2) is 9.84 Å². The van der Waals surface area contributed by atoms with Crippen molar-refractivity contribution in [2.75, 3.05) is 37.9 Å². The highest BCUT2D eigenvalue weighted by Crippen LogP contribution is 2.32. The molecule has 2 aliphatic rings. The molecule has 0 unspecified atom stereocenters. The molecule has 1 saturated carbocycles. The lowest BCUT2D eigenvalue weighted by molar-refractivity contribution is 0.0638. The molecular weight excluding hydrogens is 416 g/mol. The van der Waals surface area contributed by atoms with E-state index in [4.69, 9.17) is 4.74 Å². The van der Waals surface area contributed by atoms with Crippen LogP contribution in [0.5, 0.6) is 5.88 Å². The van der Waals surface area contributed by atoms with Crippen LogP contribution in [0, 0.1) is 5.92 Å². The van der Waals surface area contributed by atoms with Crippen molar-refractivity contribution >= 4 is 21.7 Å². The summed E-state index contributed by atoms with van der Waals surface area (Å²) in [6, 6.07) is 8.14. The average molecular weight is 445 g/mol. The molecule has 0 spiro atoms. The molecule has 31 heavy (non-hydrogen) atoms. The van der Waals surface area contributed by atoms with Crippen molar-refractivity contribution in [1.29, 1.82) is 0 Å². The summed E-state index contributed by atoms with van der Waals surface area (Å²) in [5, 5.41) is 0. The highest BCUT2D eigenvalue weighted by molar-refractivity contribution is 7.90. The Labute approximate surface area is 183 Å². The van der Waals surface area contributed by atoms with E-state index in [2.05, 4.69) is 14.9 Å². The van der Waals surface area contributed by atoms with Gasteiger partial charge in [0.2, 0.25) is 11.8 Å². The van der Waals surface area contributed by atoms with E-state index in [0.29, 0.717) is 23.3 Å². The van der Waals surface area contributed by atoms with E-state index in [1.807, 2.05) is 4.90 Å². The smallest absolute Gasteiger partial charge is 0.254 e. The van der Waals surface area contributed by atoms with Crippen LogP contribution in [0.25, 0.3) is 0 Å². The fourth-order valence-corrected chi connectivity index (χ4v) is 4.59. The molecular formula is C22H28N4O4S. The van der Waals surface area contributed by atoms with Crippen LogP contribution in [0.3, 0.4) is 0 Å². The van der Waals surface area contributed by atoms with Gasteiger partial charge in [0.05, 0.1) is 12.0 Å². The van der Waals surface area contributed by atoms with Gasteiger partial charge in [0.1, 0.15) is 0 Å². The van der Waals surface area contributed by atoms with Crippen molar-refractivity contribution in [3.8, 4) is 5.88 Å². The Morgan fingerprint density at radius 3 is 2.39 bits per heavy atom. The van der Waals surface area contributed by atoms with Gasteiger partial charge in [-0.15, -0.1) is 0 Å². The summed E-state index contributed by atoms with van der Waals surface area (Å²) >= 11 is 0. The molecule has 1 aliphatic carbocycles. The van der Waals surface area contributed by atoms with Crippen molar-refractivity contribution < 1.29 is 17.9 Å². The Kier molecular flexibility index (Phi) is 6.13. The molecule has 1 amide bonds. The van der Waals surface area contributed by atoms with E-state index in [1.165, 1.54) is 18.4 Å². The number of benzene rings is 1. The monoisotopic (exact) mass is 444 g/mol. The standard InChI is InChI=1S/C22H28N4O4S/c1-30-20-9-12-23-22(24-20)25-13-10-18(11-14-25)26(15-16-3-4-16)21(27)17-5-7-19(8-6-17)31(2,28)29/h5-9,12,16,18H,3-4,10-11,13-15H2,1-2H3. The van der Waals surface area contributed by atoms with Gasteiger partial charge in [-0.1, -0.05) is 0 Å². The first-order valence-electron chi connectivity index (χ1n) is 10.6. The first-order valence-corrected chi connectivity index (χ1v) is 12.5. The van der Waals surface area contributed by atoms with E-state index in [0.717, 1.165) is 45.3 Å². The molecule has 0 bridgehead atoms. The average Bonchev–Trinajstić information content (AvgIpc) is 3.61. The second-order valence-corrected chi connectivity index (χ2v) is 10.3. The first kappa shape index (κ1) is 21.5. The van der Waals surface area contributed by atoms with Crippen molar-refractivity contribution in [1.82, 2.24) is 14.9 Å². The largest absolute Gasteiger partial charge is 0.481 e. The van der Waals surface area contributed by atoms with Crippen LogP contribution in [0.15, 0.2) is 41.4 Å². The van der Waals surface area contributed by atoms with Crippen molar-refractivity contribution in [2.24, 2.45) is 5.92 Å². The van der Waals surface area contributed by atoms with Gasteiger partial charge in [-0.2, -0.15) is 4.98 Å². The summed E-state index contributed by atoms with van der Waals surface area (Å²) in [5.74, 6) is 1.73. The maximum Gasteiger partial charge on any atom is 0.254 e. The Hall–Kier alpha value is -2.68. The number of anilines is 1. The van der Waals surface area contributed by atoms with E-state index in [-0.39, 0.29) is 16.8 Å². The van der Waals surface area contributed by atoms with Gasteiger partial charge in [-0.05, 0) is 55.9 Å². The van der Waals surface area contributed by atoms with Crippen molar-refractivity contribution in [3.63, 3.8) is 0 Å². The number of nitrogens with zero attached hydrogens (tertiary/aromatic N) is 4. The second-order valence-electron chi connectivity index (χ2n) is 8.31. The maximum atomic E-state index is 13.3. The summed E-state index contributed by atoms with van der Waals surface area (Å²) in [6.45, 7) is 2.28. The van der Waals surface area contributed by atoms with E-state index in [1.54, 1.807) is 31.5 Å². The summed E-state index contributed by atoms with van der Waals surface area (Å²) in [6.07, 6.45) is 6.85. The molecule has 1 aromatic carbocycles. The Balaban J connectivity index is 1.46. The number of piperidine rings is 1. The molecule has 1 saturated heterocycles. The summed E-state index contributed by atoms with van der Waals surface area (Å²) < 4.78 is 28.6. The minimum absolute atomic E-state index is 0.0250. The molecule has 0 atom stereocenters. The number of rotatable bonds is 7. The zero-order valence-electron chi connectivity index (χ0n) is 17.9. The lowest BCUT2D eigenvalue weighted by Gasteiger charge is -2.38. The molecule has 9 heteroatoms. The second kappa shape index (κ2) is 8.82. The topological polar surface area (TPSA) is 92.7 Å². The van der Waals surface area contributed by atoms with Gasteiger partial charge in [0, 0.05) is 49.8 Å². The van der Waals surface area contributed by atoms with Gasteiger partial charge >= 0.3 is 0 Å². The van der Waals surface area contributed by atoms with Crippen LogP contribution < -0.4 is 9.64 Å². The van der Waals surface area contributed by atoms with Crippen molar-refractivity contribution in [3.05, 3.63) is 42.1 Å². The number of sulfone groups is 1. The fourth-order valence-electron chi connectivity index (χ4n) is 3.96. The zero-order valence-corrected chi connectivity index (χ0v) is 18.7. The minimum Gasteiger partial charge on any atom is -0.481 e. The predicted molar refractivity (Wildman–Crippen MR) is 117 cm³/mol. The number of carbonyl (C=O) groups is 1. The lowest BCUT2D eigenvalue weighted by Crippen LogP contribution is -2.48. The zero-order chi connectivity index (χ0) is 22.0. The van der Waals surface area contributed by atoms with Gasteiger partial charge in [-0.25, -0.2) is 13.4 Å². The number of carbonyl (C=O) groups excluding carboxylic acids is 1. The highest BCUT2D eigenvalue weighted by atomic mass is 32.2. The van der Waals surface area contributed by atoms with Gasteiger partial charge in [0.25, 0.3) is 5.91 Å². The fraction of sp³-hybridized carbons (Fsp3) is 0.500. The molecule has 2 aromatic rings. The number of hydrogen-bond acceptors (Lipinski definition) is 7. The molecule has 2 heterocycles. The summed E-state index contributed by atoms with van der Waals surface area (Å²) in [7, 11) is -1.70. The molecule has 1 aliphatic heterocycles. The van der Waals surface area contributed by atoms with Crippen LogP contribution in [-0.2, 0) is 9.84 Å². The number of ether oxygens (including phenoxy) is 1. The summed E-state index contributed by atoms with van der Waals surface area (Å²) in [5.41, 5.74) is 0.534. The molecule has 0 N–H and O–H groups in total. The Morgan fingerprint density at radius 2 is 1.81 bits per heavy atom. The molecule has 4 rings (SSSR count). The van der Waals surface area contributed by atoms with Gasteiger partial charge < -0.3 is 14.5 Å². The quantitative estimate of drug-likeness (QED) is 0.647. The molecule has 0 radical (unpaired) electrons. The van der Waals surface area contributed by atoms with Crippen LogP contribution >= 0.6 is 0 Å². The number of aromatic nitrogens is 2. The highest BCUT2D eigenvalue weighted by Gasteiger charge is 2.34. The normalized spacial score (nSPS) is 17.4. The molecule has 2 fully saturated rings. The molecule has 166 valence electrons. The lowest BCUT2D eigenvalue weighted by atomic mass is 10.0. The minimum atomic E-state index is -3.28. The number of hydrogen-bond donors (Lipinski definition) is 0. The van der Waals surface area contributed by atoms with Crippen molar-refractivity contribution in [2.45, 2.75) is 36.6 Å². The number of amides is 1. The van der Waals surface area contributed by atoms with Gasteiger partial charge in [-0.3, -0.25) is 4.79 Å². The van der Waals surface area contributed by atoms with E-state index in [9.17, 15) is 13.2 Å². The predicted octanol–water partition coefficient (Wildman–Crippen LogP) is 2.41. The third-order valence-corrected chi connectivity index (χ3v) is 7.09. The third kappa shape index (κ3) is 5.15. The van der Waals surface area contributed by atoms with E-state index >= 15 is 0 Å². The van der Waals surface area contributed by atoms with Crippen LogP contribution in [-0.4, -0.2) is 68.2 Å². The van der Waals surface area contributed by atoms with Crippen LogP contribution in [0.4, 0.5) is 5.95 Å². The van der Waals surface area contributed by atoms with E-state index < -0.39 is 9.84 Å². The summed E-state index contributed by atoms with van der Waals surface area (Å²) in [4.78, 5) is 26.4. The third-order valence-electron chi connectivity index (χ3n) is 5.96. The molecule has 1 aromatic heterocycles.